The van der Waals surface area contributed by atoms with Crippen LogP contribution in [0.4, 0.5) is 0 Å². The molecule has 1 saturated heterocycles. The first-order chi connectivity index (χ1) is 9.70. The minimum Gasteiger partial charge on any atom is -0.508 e. The van der Waals surface area contributed by atoms with Crippen LogP contribution in [0.25, 0.3) is 0 Å². The monoisotopic (exact) mass is 278 g/mol. The van der Waals surface area contributed by atoms with Gasteiger partial charge in [0.05, 0.1) is 0 Å². The molecule has 112 valence electrons. The first-order valence-corrected chi connectivity index (χ1v) is 7.68. The molecule has 4 heteroatoms. The van der Waals surface area contributed by atoms with Crippen LogP contribution in [0.1, 0.15) is 44.2 Å². The van der Waals surface area contributed by atoms with E-state index in [1.165, 1.54) is 25.3 Å². The number of nitrogens with zero attached hydrogens (tertiary/aromatic N) is 1. The van der Waals surface area contributed by atoms with Crippen molar-refractivity contribution in [2.45, 2.75) is 38.6 Å². The van der Waals surface area contributed by atoms with Crippen molar-refractivity contribution in [1.29, 1.82) is 0 Å². The van der Waals surface area contributed by atoms with E-state index in [9.17, 15) is 10.2 Å². The van der Waals surface area contributed by atoms with Gasteiger partial charge in [-0.3, -0.25) is 4.90 Å². The van der Waals surface area contributed by atoms with Crippen LogP contribution in [-0.2, 0) is 0 Å². The Bertz CT molecular complexity index is 397. The molecule has 0 bridgehead atoms. The average Bonchev–Trinajstić information content (AvgIpc) is 2.43. The minimum atomic E-state index is 0.149. The van der Waals surface area contributed by atoms with Crippen molar-refractivity contribution >= 4 is 0 Å². The number of aromatic hydroxyl groups is 2. The number of hydrogen-bond acceptors (Lipinski definition) is 4. The second kappa shape index (κ2) is 7.50. The Labute approximate surface area is 121 Å². The maximum absolute atomic E-state index is 9.72. The lowest BCUT2D eigenvalue weighted by atomic mass is 9.97. The SMILES string of the molecule is CCCCC[C@H](c1cc(O)cc(O)c1)N1CCNCC1. The third-order valence-electron chi connectivity index (χ3n) is 3.98. The lowest BCUT2D eigenvalue weighted by Crippen LogP contribution is -2.45. The van der Waals surface area contributed by atoms with Gasteiger partial charge in [0.2, 0.25) is 0 Å². The van der Waals surface area contributed by atoms with Crippen LogP contribution in [0.3, 0.4) is 0 Å². The molecule has 1 aromatic rings. The number of unbranched alkanes of at least 4 members (excludes halogenated alkanes) is 2. The number of benzene rings is 1. The van der Waals surface area contributed by atoms with Gasteiger partial charge in [0.25, 0.3) is 0 Å². The van der Waals surface area contributed by atoms with Gasteiger partial charge < -0.3 is 15.5 Å². The van der Waals surface area contributed by atoms with E-state index in [4.69, 9.17) is 0 Å². The van der Waals surface area contributed by atoms with Gasteiger partial charge in [-0.2, -0.15) is 0 Å². The summed E-state index contributed by atoms with van der Waals surface area (Å²) in [5.74, 6) is 0.297. The van der Waals surface area contributed by atoms with Crippen molar-refractivity contribution in [2.75, 3.05) is 26.2 Å². The normalized spacial score (nSPS) is 18.1. The Balaban J connectivity index is 2.15. The second-order valence-corrected chi connectivity index (χ2v) is 5.58. The Hall–Kier alpha value is -1.26. The first-order valence-electron chi connectivity index (χ1n) is 7.68. The summed E-state index contributed by atoms with van der Waals surface area (Å²) in [6.07, 6.45) is 4.70. The summed E-state index contributed by atoms with van der Waals surface area (Å²) in [4.78, 5) is 2.46. The standard InChI is InChI=1S/C16H26N2O2/c1-2-3-4-5-16(18-8-6-17-7-9-18)13-10-14(19)12-15(20)11-13/h10-12,16-17,19-20H,2-9H2,1H3/t16-/m1/s1. The zero-order valence-electron chi connectivity index (χ0n) is 12.3. The van der Waals surface area contributed by atoms with E-state index in [1.807, 2.05) is 0 Å². The number of hydrogen-bond donors (Lipinski definition) is 3. The Morgan fingerprint density at radius 2 is 1.75 bits per heavy atom. The lowest BCUT2D eigenvalue weighted by molar-refractivity contribution is 0.162. The maximum atomic E-state index is 9.72. The van der Waals surface area contributed by atoms with E-state index >= 15 is 0 Å². The average molecular weight is 278 g/mol. The molecule has 1 heterocycles. The number of piperazine rings is 1. The van der Waals surface area contributed by atoms with Gasteiger partial charge in [0.15, 0.2) is 0 Å². The molecule has 0 aliphatic carbocycles. The van der Waals surface area contributed by atoms with Crippen LogP contribution in [0.2, 0.25) is 0 Å². The van der Waals surface area contributed by atoms with Crippen molar-refractivity contribution in [1.82, 2.24) is 10.2 Å². The van der Waals surface area contributed by atoms with Gasteiger partial charge in [0.1, 0.15) is 11.5 Å². The Morgan fingerprint density at radius 1 is 1.10 bits per heavy atom. The number of nitrogens with one attached hydrogen (secondary N) is 1. The van der Waals surface area contributed by atoms with Crippen LogP contribution in [0, 0.1) is 0 Å². The predicted molar refractivity (Wildman–Crippen MR) is 81.1 cm³/mol. The van der Waals surface area contributed by atoms with Crippen molar-refractivity contribution < 1.29 is 10.2 Å². The quantitative estimate of drug-likeness (QED) is 0.700. The third kappa shape index (κ3) is 4.12. The third-order valence-corrected chi connectivity index (χ3v) is 3.98. The Morgan fingerprint density at radius 3 is 2.35 bits per heavy atom. The lowest BCUT2D eigenvalue weighted by Gasteiger charge is -2.35. The molecule has 1 fully saturated rings. The van der Waals surface area contributed by atoms with Crippen molar-refractivity contribution in [3.63, 3.8) is 0 Å². The van der Waals surface area contributed by atoms with E-state index in [1.54, 1.807) is 12.1 Å². The smallest absolute Gasteiger partial charge is 0.119 e. The summed E-state index contributed by atoms with van der Waals surface area (Å²) >= 11 is 0. The van der Waals surface area contributed by atoms with Gasteiger partial charge in [-0.15, -0.1) is 0 Å². The van der Waals surface area contributed by atoms with E-state index < -0.39 is 0 Å². The van der Waals surface area contributed by atoms with Crippen molar-refractivity contribution in [2.24, 2.45) is 0 Å². The molecule has 3 N–H and O–H groups in total. The molecule has 0 saturated carbocycles. The Kier molecular flexibility index (Phi) is 5.68. The fourth-order valence-electron chi connectivity index (χ4n) is 2.95. The van der Waals surface area contributed by atoms with Gasteiger partial charge >= 0.3 is 0 Å². The maximum Gasteiger partial charge on any atom is 0.119 e. The summed E-state index contributed by atoms with van der Waals surface area (Å²) in [5, 5.41) is 22.8. The van der Waals surface area contributed by atoms with E-state index in [0.29, 0.717) is 6.04 Å². The molecule has 1 atom stereocenters. The molecule has 0 radical (unpaired) electrons. The second-order valence-electron chi connectivity index (χ2n) is 5.58. The van der Waals surface area contributed by atoms with Crippen molar-refractivity contribution in [3.05, 3.63) is 23.8 Å². The van der Waals surface area contributed by atoms with E-state index in [0.717, 1.165) is 38.2 Å². The van der Waals surface area contributed by atoms with Gasteiger partial charge in [0, 0.05) is 38.3 Å². The molecule has 1 aliphatic heterocycles. The molecule has 1 aliphatic rings. The molecule has 0 aromatic heterocycles. The summed E-state index contributed by atoms with van der Waals surface area (Å²) in [6, 6.07) is 5.27. The number of rotatable bonds is 6. The molecule has 0 amide bonds. The number of phenols is 2. The molecular formula is C16H26N2O2. The fraction of sp³-hybridized carbons (Fsp3) is 0.625. The van der Waals surface area contributed by atoms with Gasteiger partial charge in [-0.05, 0) is 24.1 Å². The molecular weight excluding hydrogens is 252 g/mol. The molecule has 0 spiro atoms. The highest BCUT2D eigenvalue weighted by molar-refractivity contribution is 5.38. The predicted octanol–water partition coefficient (Wildman–Crippen LogP) is 2.62. The molecule has 1 aromatic carbocycles. The summed E-state index contributed by atoms with van der Waals surface area (Å²) in [7, 11) is 0. The molecule has 0 unspecified atom stereocenters. The summed E-state index contributed by atoms with van der Waals surface area (Å²) in [5.41, 5.74) is 1.03. The van der Waals surface area contributed by atoms with E-state index in [2.05, 4.69) is 17.1 Å². The highest BCUT2D eigenvalue weighted by Gasteiger charge is 2.22. The van der Waals surface area contributed by atoms with Crippen LogP contribution < -0.4 is 5.32 Å². The van der Waals surface area contributed by atoms with Gasteiger partial charge in [-0.1, -0.05) is 26.2 Å². The molecule has 20 heavy (non-hydrogen) atoms. The zero-order valence-corrected chi connectivity index (χ0v) is 12.3. The highest BCUT2D eigenvalue weighted by atomic mass is 16.3. The fourth-order valence-corrected chi connectivity index (χ4v) is 2.95. The number of phenolic OH excluding ortho intramolecular Hbond substituents is 2. The van der Waals surface area contributed by atoms with Crippen LogP contribution in [-0.4, -0.2) is 41.3 Å². The van der Waals surface area contributed by atoms with Crippen molar-refractivity contribution in [3.8, 4) is 11.5 Å². The minimum absolute atomic E-state index is 0.149. The molecule has 4 nitrogen and oxygen atoms in total. The van der Waals surface area contributed by atoms with Gasteiger partial charge in [-0.25, -0.2) is 0 Å². The molecule has 2 rings (SSSR count). The largest absolute Gasteiger partial charge is 0.508 e. The van der Waals surface area contributed by atoms with Crippen LogP contribution in [0.15, 0.2) is 18.2 Å². The highest BCUT2D eigenvalue weighted by Crippen LogP contribution is 2.32. The first kappa shape index (κ1) is 15.1. The summed E-state index contributed by atoms with van der Waals surface area (Å²) in [6.45, 7) is 6.27. The summed E-state index contributed by atoms with van der Waals surface area (Å²) < 4.78 is 0. The topological polar surface area (TPSA) is 55.7 Å². The van der Waals surface area contributed by atoms with E-state index in [-0.39, 0.29) is 11.5 Å². The zero-order chi connectivity index (χ0) is 14.4. The van der Waals surface area contributed by atoms with Crippen LogP contribution in [0.5, 0.6) is 11.5 Å². The van der Waals surface area contributed by atoms with Crippen LogP contribution >= 0.6 is 0 Å².